The maximum absolute atomic E-state index is 12.7. The van der Waals surface area contributed by atoms with Gasteiger partial charge < -0.3 is 10.0 Å². The predicted octanol–water partition coefficient (Wildman–Crippen LogP) is 2.81. The molecule has 0 aliphatic carbocycles. The number of halogens is 4. The van der Waals surface area contributed by atoms with Crippen LogP contribution in [-0.4, -0.2) is 24.2 Å². The van der Waals surface area contributed by atoms with Crippen LogP contribution in [-0.2, 0) is 11.0 Å². The maximum atomic E-state index is 12.7. The summed E-state index contributed by atoms with van der Waals surface area (Å²) in [5, 5.41) is 9.02. The Balaban J connectivity index is 2.35. The van der Waals surface area contributed by atoms with E-state index in [1.165, 1.54) is 11.0 Å². The lowest BCUT2D eigenvalue weighted by Crippen LogP contribution is -2.25. The molecule has 0 spiro atoms. The van der Waals surface area contributed by atoms with Crippen molar-refractivity contribution in [2.45, 2.75) is 12.6 Å². The number of amides is 1. The molecule has 1 unspecified atom stereocenters. The second-order valence-electron chi connectivity index (χ2n) is 4.45. The first kappa shape index (κ1) is 14.3. The summed E-state index contributed by atoms with van der Waals surface area (Å²) >= 11 is 3.02. The van der Waals surface area contributed by atoms with Gasteiger partial charge in [0, 0.05) is 35.7 Å². The molecule has 1 aromatic carbocycles. The van der Waals surface area contributed by atoms with Gasteiger partial charge in [0.25, 0.3) is 0 Å². The smallest absolute Gasteiger partial charge is 0.396 e. The van der Waals surface area contributed by atoms with Crippen molar-refractivity contribution in [1.82, 2.24) is 0 Å². The molecule has 104 valence electrons. The summed E-state index contributed by atoms with van der Waals surface area (Å²) in [6.07, 6.45) is -4.30. The molecule has 0 saturated carbocycles. The zero-order valence-corrected chi connectivity index (χ0v) is 11.3. The number of rotatable bonds is 2. The van der Waals surface area contributed by atoms with Crippen molar-refractivity contribution >= 4 is 27.5 Å². The first-order chi connectivity index (χ1) is 8.81. The largest absolute Gasteiger partial charge is 0.416 e. The third-order valence-electron chi connectivity index (χ3n) is 2.98. The fraction of sp³-hybridized carbons (Fsp3) is 0.417. The van der Waals surface area contributed by atoms with Crippen molar-refractivity contribution in [3.8, 4) is 0 Å². The molecule has 1 atom stereocenters. The van der Waals surface area contributed by atoms with E-state index in [1.54, 1.807) is 0 Å². The van der Waals surface area contributed by atoms with Crippen LogP contribution in [0.25, 0.3) is 0 Å². The fourth-order valence-corrected chi connectivity index (χ4v) is 2.53. The highest BCUT2D eigenvalue weighted by Gasteiger charge is 2.34. The van der Waals surface area contributed by atoms with Crippen molar-refractivity contribution in [2.75, 3.05) is 18.1 Å². The summed E-state index contributed by atoms with van der Waals surface area (Å²) in [5.41, 5.74) is -0.611. The van der Waals surface area contributed by atoms with Crippen LogP contribution in [0.2, 0.25) is 0 Å². The molecule has 3 nitrogen and oxygen atoms in total. The van der Waals surface area contributed by atoms with Gasteiger partial charge in [-0.05, 0) is 18.2 Å². The Hall–Kier alpha value is -1.08. The second kappa shape index (κ2) is 5.13. The van der Waals surface area contributed by atoms with Gasteiger partial charge in [-0.2, -0.15) is 13.2 Å². The molecule has 1 aliphatic heterocycles. The minimum Gasteiger partial charge on any atom is -0.396 e. The van der Waals surface area contributed by atoms with Gasteiger partial charge in [-0.3, -0.25) is 4.79 Å². The van der Waals surface area contributed by atoms with Gasteiger partial charge in [0.15, 0.2) is 0 Å². The minimum absolute atomic E-state index is 0.150. The van der Waals surface area contributed by atoms with Crippen LogP contribution in [0.15, 0.2) is 22.7 Å². The Morgan fingerprint density at radius 2 is 2.05 bits per heavy atom. The molecule has 0 aromatic heterocycles. The zero-order chi connectivity index (χ0) is 14.2. The number of aliphatic hydroxyl groups excluding tert-OH is 1. The number of hydrogen-bond acceptors (Lipinski definition) is 2. The molecule has 7 heteroatoms. The Morgan fingerprint density at radius 1 is 1.37 bits per heavy atom. The SMILES string of the molecule is O=C1CC(CO)CN1c1cc(Br)cc(C(F)(F)F)c1. The second-order valence-corrected chi connectivity index (χ2v) is 5.37. The molecule has 0 radical (unpaired) electrons. The highest BCUT2D eigenvalue weighted by molar-refractivity contribution is 9.10. The molecular formula is C12H11BrF3NO2. The van der Waals surface area contributed by atoms with E-state index in [0.717, 1.165) is 12.1 Å². The topological polar surface area (TPSA) is 40.5 Å². The Bertz CT molecular complexity index is 504. The number of alkyl halides is 3. The van der Waals surface area contributed by atoms with Gasteiger partial charge >= 0.3 is 6.18 Å². The number of carbonyl (C=O) groups is 1. The van der Waals surface area contributed by atoms with E-state index >= 15 is 0 Å². The highest BCUT2D eigenvalue weighted by Crippen LogP contribution is 2.36. The summed E-state index contributed by atoms with van der Waals surface area (Å²) < 4.78 is 38.4. The van der Waals surface area contributed by atoms with Crippen molar-refractivity contribution < 1.29 is 23.1 Å². The Labute approximate surface area is 116 Å². The summed E-state index contributed by atoms with van der Waals surface area (Å²) in [7, 11) is 0. The number of anilines is 1. The lowest BCUT2D eigenvalue weighted by Gasteiger charge is -2.18. The summed E-state index contributed by atoms with van der Waals surface area (Å²) in [4.78, 5) is 13.0. The summed E-state index contributed by atoms with van der Waals surface area (Å²) in [5.74, 6) is -0.494. The van der Waals surface area contributed by atoms with E-state index < -0.39 is 11.7 Å². The molecule has 19 heavy (non-hydrogen) atoms. The number of hydrogen-bond donors (Lipinski definition) is 1. The predicted molar refractivity (Wildman–Crippen MR) is 66.7 cm³/mol. The van der Waals surface area contributed by atoms with E-state index in [-0.39, 0.29) is 41.6 Å². The van der Waals surface area contributed by atoms with Crippen LogP contribution in [0.3, 0.4) is 0 Å². The number of benzene rings is 1. The first-order valence-corrected chi connectivity index (χ1v) is 6.39. The molecule has 1 fully saturated rings. The summed E-state index contributed by atoms with van der Waals surface area (Å²) in [6.45, 7) is 0.0887. The van der Waals surface area contributed by atoms with E-state index in [4.69, 9.17) is 5.11 Å². The number of aliphatic hydroxyl groups is 1. The van der Waals surface area contributed by atoms with Gasteiger partial charge in [-0.1, -0.05) is 15.9 Å². The lowest BCUT2D eigenvalue weighted by atomic mass is 10.1. The molecule has 0 bridgehead atoms. The molecular weight excluding hydrogens is 327 g/mol. The van der Waals surface area contributed by atoms with E-state index in [0.29, 0.717) is 0 Å². The van der Waals surface area contributed by atoms with Crippen molar-refractivity contribution in [3.63, 3.8) is 0 Å². The van der Waals surface area contributed by atoms with Gasteiger partial charge in [0.05, 0.1) is 5.56 Å². The standard InChI is InChI=1S/C12H11BrF3NO2/c13-9-2-8(12(14,15)16)3-10(4-9)17-5-7(6-18)1-11(17)19/h2-4,7,18H,1,5-6H2. The van der Waals surface area contributed by atoms with Crippen LogP contribution in [0.1, 0.15) is 12.0 Å². The lowest BCUT2D eigenvalue weighted by molar-refractivity contribution is -0.137. The normalized spacial score (nSPS) is 20.2. The monoisotopic (exact) mass is 337 g/mol. The van der Waals surface area contributed by atoms with Crippen LogP contribution in [0.5, 0.6) is 0 Å². The van der Waals surface area contributed by atoms with Crippen molar-refractivity contribution in [2.24, 2.45) is 5.92 Å². The minimum atomic E-state index is -4.46. The molecule has 1 heterocycles. The Morgan fingerprint density at radius 3 is 2.58 bits per heavy atom. The van der Waals surface area contributed by atoms with Crippen LogP contribution < -0.4 is 4.90 Å². The quantitative estimate of drug-likeness (QED) is 0.901. The average Bonchev–Trinajstić information content (AvgIpc) is 2.68. The number of nitrogens with zero attached hydrogens (tertiary/aromatic N) is 1. The van der Waals surface area contributed by atoms with Crippen LogP contribution in [0.4, 0.5) is 18.9 Å². The molecule has 1 N–H and O–H groups in total. The highest BCUT2D eigenvalue weighted by atomic mass is 79.9. The first-order valence-electron chi connectivity index (χ1n) is 5.60. The van der Waals surface area contributed by atoms with Crippen LogP contribution in [0, 0.1) is 5.92 Å². The van der Waals surface area contributed by atoms with E-state index in [1.807, 2.05) is 0 Å². The fourth-order valence-electron chi connectivity index (χ4n) is 2.05. The van der Waals surface area contributed by atoms with E-state index in [2.05, 4.69) is 15.9 Å². The molecule has 1 saturated heterocycles. The average molecular weight is 338 g/mol. The molecule has 1 aromatic rings. The van der Waals surface area contributed by atoms with Crippen molar-refractivity contribution in [1.29, 1.82) is 0 Å². The molecule has 1 amide bonds. The Kier molecular flexibility index (Phi) is 3.87. The zero-order valence-electron chi connectivity index (χ0n) is 9.75. The van der Waals surface area contributed by atoms with Gasteiger partial charge in [0.1, 0.15) is 0 Å². The summed E-state index contributed by atoms with van der Waals surface area (Å²) in [6, 6.07) is 3.38. The van der Waals surface area contributed by atoms with Gasteiger partial charge in [-0.15, -0.1) is 0 Å². The van der Waals surface area contributed by atoms with E-state index in [9.17, 15) is 18.0 Å². The molecule has 1 aliphatic rings. The molecule has 2 rings (SSSR count). The van der Waals surface area contributed by atoms with Gasteiger partial charge in [0.2, 0.25) is 5.91 Å². The maximum Gasteiger partial charge on any atom is 0.416 e. The van der Waals surface area contributed by atoms with Crippen LogP contribution >= 0.6 is 15.9 Å². The third kappa shape index (κ3) is 3.09. The number of carbonyl (C=O) groups excluding carboxylic acids is 1. The van der Waals surface area contributed by atoms with Gasteiger partial charge in [-0.25, -0.2) is 0 Å². The third-order valence-corrected chi connectivity index (χ3v) is 3.44. The van der Waals surface area contributed by atoms with Crippen molar-refractivity contribution in [3.05, 3.63) is 28.2 Å².